The smallest absolute Gasteiger partial charge is 0.306 e. The zero-order valence-electron chi connectivity index (χ0n) is 6.76. The van der Waals surface area contributed by atoms with Crippen molar-refractivity contribution in [1.82, 2.24) is 0 Å². The molecule has 0 saturated heterocycles. The van der Waals surface area contributed by atoms with Gasteiger partial charge in [-0.1, -0.05) is 11.6 Å². The second-order valence-corrected chi connectivity index (χ2v) is 2.82. The van der Waals surface area contributed by atoms with Crippen LogP contribution in [0.1, 0.15) is 19.3 Å². The molecular formula is C8H12Cl2O2. The molecule has 0 aromatic rings. The average Bonchev–Trinajstić information content (AvgIpc) is 2.06. The topological polar surface area (TPSA) is 26.3 Å². The summed E-state index contributed by atoms with van der Waals surface area (Å²) in [6, 6.07) is 0. The summed E-state index contributed by atoms with van der Waals surface area (Å²) in [5.41, 5.74) is 1.33. The molecule has 0 spiro atoms. The Morgan fingerprint density at radius 1 is 1.42 bits per heavy atom. The van der Waals surface area contributed by atoms with E-state index >= 15 is 0 Å². The molecule has 0 heterocycles. The van der Waals surface area contributed by atoms with Gasteiger partial charge >= 0.3 is 5.97 Å². The quantitative estimate of drug-likeness (QED) is 0.383. The highest BCUT2D eigenvalue weighted by Gasteiger charge is 1.99. The number of ether oxygens (including phenoxy) is 1. The van der Waals surface area contributed by atoms with Crippen molar-refractivity contribution in [2.45, 2.75) is 19.3 Å². The molecule has 0 aliphatic heterocycles. The normalized spacial score (nSPS) is 10.5. The van der Waals surface area contributed by atoms with Gasteiger partial charge in [0.15, 0.2) is 0 Å². The molecule has 2 nitrogen and oxygen atoms in total. The Hall–Kier alpha value is -0.210. The van der Waals surface area contributed by atoms with E-state index in [9.17, 15) is 4.79 Å². The highest BCUT2D eigenvalue weighted by Crippen LogP contribution is 1.99. The summed E-state index contributed by atoms with van der Waals surface area (Å²) >= 11 is 10.7. The van der Waals surface area contributed by atoms with Crippen molar-refractivity contribution in [3.05, 3.63) is 11.6 Å². The average molecular weight is 211 g/mol. The fourth-order valence-electron chi connectivity index (χ4n) is 0.613. The van der Waals surface area contributed by atoms with E-state index in [1.807, 2.05) is 0 Å². The third-order valence-electron chi connectivity index (χ3n) is 1.19. The molecule has 0 aliphatic carbocycles. The minimum absolute atomic E-state index is 0.199. The summed E-state index contributed by atoms with van der Waals surface area (Å²) < 4.78 is 4.78. The van der Waals surface area contributed by atoms with Gasteiger partial charge in [-0.2, -0.15) is 0 Å². The number of rotatable bonds is 6. The number of hydrogen-bond acceptors (Lipinski definition) is 2. The summed E-state index contributed by atoms with van der Waals surface area (Å²) in [6.07, 6.45) is 3.64. The maximum Gasteiger partial charge on any atom is 0.306 e. The Balaban J connectivity index is 3.21. The summed E-state index contributed by atoms with van der Waals surface area (Å²) in [6.45, 7) is 0.253. The largest absolute Gasteiger partial charge is 0.461 e. The predicted molar refractivity (Wildman–Crippen MR) is 50.5 cm³/mol. The van der Waals surface area contributed by atoms with Gasteiger partial charge in [-0.05, 0) is 18.9 Å². The fourth-order valence-corrected chi connectivity index (χ4v) is 0.875. The van der Waals surface area contributed by atoms with Crippen LogP contribution in [0.4, 0.5) is 0 Å². The van der Waals surface area contributed by atoms with Gasteiger partial charge in [0.05, 0.1) is 0 Å². The number of unbranched alkanes of at least 4 members (excludes halogenated alkanes) is 1. The van der Waals surface area contributed by atoms with E-state index in [-0.39, 0.29) is 12.6 Å². The lowest BCUT2D eigenvalue weighted by molar-refractivity contribution is -0.142. The monoisotopic (exact) mass is 210 g/mol. The van der Waals surface area contributed by atoms with Crippen LogP contribution in [0.2, 0.25) is 0 Å². The Kier molecular flexibility index (Phi) is 8.73. The molecule has 0 unspecified atom stereocenters. The van der Waals surface area contributed by atoms with Crippen molar-refractivity contribution >= 4 is 29.2 Å². The van der Waals surface area contributed by atoms with E-state index in [2.05, 4.69) is 0 Å². The SMILES string of the molecule is O=C(CCCCCl)OC/C=C/Cl. The highest BCUT2D eigenvalue weighted by molar-refractivity contribution is 6.25. The Bertz CT molecular complexity index is 146. The van der Waals surface area contributed by atoms with Crippen molar-refractivity contribution < 1.29 is 9.53 Å². The summed E-state index contributed by atoms with van der Waals surface area (Å²) in [5, 5.41) is 0. The fraction of sp³-hybridized carbons (Fsp3) is 0.625. The number of carbonyl (C=O) groups is 1. The molecule has 4 heteroatoms. The lowest BCUT2D eigenvalue weighted by atomic mass is 10.2. The van der Waals surface area contributed by atoms with Crippen LogP contribution < -0.4 is 0 Å². The van der Waals surface area contributed by atoms with E-state index < -0.39 is 0 Å². The van der Waals surface area contributed by atoms with Gasteiger partial charge in [0.2, 0.25) is 0 Å². The molecule has 0 bridgehead atoms. The van der Waals surface area contributed by atoms with Crippen LogP contribution in [-0.4, -0.2) is 18.5 Å². The summed E-state index contributed by atoms with van der Waals surface area (Å²) in [7, 11) is 0. The van der Waals surface area contributed by atoms with Gasteiger partial charge in [0, 0.05) is 17.8 Å². The summed E-state index contributed by atoms with van der Waals surface area (Å²) in [5.74, 6) is 0.393. The second kappa shape index (κ2) is 8.88. The van der Waals surface area contributed by atoms with Crippen molar-refractivity contribution in [2.24, 2.45) is 0 Å². The molecular weight excluding hydrogens is 199 g/mol. The van der Waals surface area contributed by atoms with Crippen LogP contribution in [0, 0.1) is 0 Å². The molecule has 0 aromatic carbocycles. The number of hydrogen-bond donors (Lipinski definition) is 0. The van der Waals surface area contributed by atoms with Gasteiger partial charge in [0.1, 0.15) is 6.61 Å². The van der Waals surface area contributed by atoms with Crippen molar-refractivity contribution in [3.8, 4) is 0 Å². The van der Waals surface area contributed by atoms with E-state index in [0.29, 0.717) is 12.3 Å². The van der Waals surface area contributed by atoms with Crippen molar-refractivity contribution in [3.63, 3.8) is 0 Å². The summed E-state index contributed by atoms with van der Waals surface area (Å²) in [4.78, 5) is 10.9. The van der Waals surface area contributed by atoms with Gasteiger partial charge in [-0.25, -0.2) is 0 Å². The maximum absolute atomic E-state index is 10.9. The van der Waals surface area contributed by atoms with Crippen LogP contribution in [-0.2, 0) is 9.53 Å². The molecule has 0 fully saturated rings. The van der Waals surface area contributed by atoms with Crippen LogP contribution in [0.3, 0.4) is 0 Å². The second-order valence-electron chi connectivity index (χ2n) is 2.19. The number of alkyl halides is 1. The van der Waals surface area contributed by atoms with E-state index in [1.54, 1.807) is 6.08 Å². The van der Waals surface area contributed by atoms with Gasteiger partial charge < -0.3 is 4.74 Å². The van der Waals surface area contributed by atoms with Crippen LogP contribution in [0.15, 0.2) is 11.6 Å². The van der Waals surface area contributed by atoms with Gasteiger partial charge in [0.25, 0.3) is 0 Å². The minimum Gasteiger partial charge on any atom is -0.461 e. The molecule has 0 radical (unpaired) electrons. The Labute approximate surface area is 82.5 Å². The molecule has 0 aromatic heterocycles. The Morgan fingerprint density at radius 2 is 2.17 bits per heavy atom. The molecule has 0 atom stereocenters. The van der Waals surface area contributed by atoms with E-state index in [1.165, 1.54) is 5.54 Å². The standard InChI is InChI=1S/C8H12Cl2O2/c9-5-2-1-4-8(11)12-7-3-6-10/h3,6H,1-2,4-5,7H2/b6-3+. The number of halogens is 2. The number of esters is 1. The van der Waals surface area contributed by atoms with Gasteiger partial charge in [-0.15, -0.1) is 11.6 Å². The molecule has 12 heavy (non-hydrogen) atoms. The third-order valence-corrected chi connectivity index (χ3v) is 1.64. The molecule has 0 amide bonds. The van der Waals surface area contributed by atoms with E-state index in [0.717, 1.165) is 12.8 Å². The first-order valence-electron chi connectivity index (χ1n) is 3.78. The molecule has 0 N–H and O–H groups in total. The maximum atomic E-state index is 10.9. The van der Waals surface area contributed by atoms with Crippen molar-refractivity contribution in [1.29, 1.82) is 0 Å². The lowest BCUT2D eigenvalue weighted by Crippen LogP contribution is -2.03. The first-order valence-corrected chi connectivity index (χ1v) is 4.75. The van der Waals surface area contributed by atoms with Crippen LogP contribution in [0.25, 0.3) is 0 Å². The minimum atomic E-state index is -0.199. The zero-order valence-corrected chi connectivity index (χ0v) is 8.27. The van der Waals surface area contributed by atoms with Crippen molar-refractivity contribution in [2.75, 3.05) is 12.5 Å². The zero-order chi connectivity index (χ0) is 9.23. The van der Waals surface area contributed by atoms with E-state index in [4.69, 9.17) is 27.9 Å². The van der Waals surface area contributed by atoms with Gasteiger partial charge in [-0.3, -0.25) is 4.79 Å². The Morgan fingerprint density at radius 3 is 2.75 bits per heavy atom. The van der Waals surface area contributed by atoms with Crippen LogP contribution >= 0.6 is 23.2 Å². The first kappa shape index (κ1) is 11.8. The lowest BCUT2D eigenvalue weighted by Gasteiger charge is -1.99. The predicted octanol–water partition coefficient (Wildman–Crippen LogP) is 2.69. The molecule has 0 saturated carbocycles. The molecule has 0 aliphatic rings. The molecule has 0 rings (SSSR count). The highest BCUT2D eigenvalue weighted by atomic mass is 35.5. The molecule has 70 valence electrons. The van der Waals surface area contributed by atoms with Crippen LogP contribution in [0.5, 0.6) is 0 Å². The first-order chi connectivity index (χ1) is 5.81. The third kappa shape index (κ3) is 7.89. The number of carbonyl (C=O) groups excluding carboxylic acids is 1.